The van der Waals surface area contributed by atoms with E-state index >= 15 is 0 Å². The lowest BCUT2D eigenvalue weighted by Gasteiger charge is -2.11. The molecule has 5 heteroatoms. The van der Waals surface area contributed by atoms with Gasteiger partial charge in [0.15, 0.2) is 0 Å². The topological polar surface area (TPSA) is 75.6 Å². The fraction of sp³-hybridized carbons (Fsp3) is 0.294. The number of hydrogen-bond donors (Lipinski definition) is 2. The Kier molecular flexibility index (Phi) is 5.36. The average Bonchev–Trinajstić information content (AvgIpc) is 2.51. The smallest absolute Gasteiger partial charge is 0.325 e. The minimum absolute atomic E-state index is 0.238. The van der Waals surface area contributed by atoms with Crippen molar-refractivity contribution in [1.29, 1.82) is 0 Å². The molecule has 0 aliphatic rings. The van der Waals surface area contributed by atoms with Gasteiger partial charge in [0.25, 0.3) is 0 Å². The second kappa shape index (κ2) is 7.45. The maximum atomic E-state index is 11.6. The second-order valence-corrected chi connectivity index (χ2v) is 5.06. The van der Waals surface area contributed by atoms with Gasteiger partial charge in [0.2, 0.25) is 5.91 Å². The molecule has 0 aliphatic heterocycles. The standard InChI is InChI=1S/C17H19NO4/c1-12(17(20)21)18-16(19)10-5-11-22-15-9-4-7-13-6-2-3-8-14(13)15/h2-4,6-9,12H,5,10-11H2,1H3,(H,18,19)(H,20,21)/t12-/m0/s1. The summed E-state index contributed by atoms with van der Waals surface area (Å²) in [7, 11) is 0. The number of aliphatic carboxylic acids is 1. The van der Waals surface area contributed by atoms with Crippen molar-refractivity contribution in [2.75, 3.05) is 6.61 Å². The van der Waals surface area contributed by atoms with Crippen LogP contribution in [0.4, 0.5) is 0 Å². The highest BCUT2D eigenvalue weighted by atomic mass is 16.5. The molecule has 2 aromatic carbocycles. The van der Waals surface area contributed by atoms with Gasteiger partial charge in [0.05, 0.1) is 6.61 Å². The van der Waals surface area contributed by atoms with E-state index in [1.54, 1.807) is 0 Å². The molecule has 2 rings (SSSR count). The van der Waals surface area contributed by atoms with E-state index in [1.165, 1.54) is 6.92 Å². The third kappa shape index (κ3) is 4.22. The number of carbonyl (C=O) groups is 2. The number of carbonyl (C=O) groups excluding carboxylic acids is 1. The molecular weight excluding hydrogens is 282 g/mol. The summed E-state index contributed by atoms with van der Waals surface area (Å²) in [4.78, 5) is 22.2. The fourth-order valence-corrected chi connectivity index (χ4v) is 2.11. The molecule has 2 N–H and O–H groups in total. The Hall–Kier alpha value is -2.56. The van der Waals surface area contributed by atoms with E-state index < -0.39 is 12.0 Å². The number of rotatable bonds is 7. The Bertz CT molecular complexity index is 663. The minimum atomic E-state index is -1.04. The Morgan fingerprint density at radius 2 is 1.91 bits per heavy atom. The van der Waals surface area contributed by atoms with Gasteiger partial charge in [-0.15, -0.1) is 0 Å². The quantitative estimate of drug-likeness (QED) is 0.771. The van der Waals surface area contributed by atoms with Crippen LogP contribution in [0.1, 0.15) is 19.8 Å². The number of carboxylic acid groups (broad SMARTS) is 1. The van der Waals surface area contributed by atoms with Crippen molar-refractivity contribution in [2.45, 2.75) is 25.8 Å². The SMILES string of the molecule is C[C@H](NC(=O)CCCOc1cccc2ccccc12)C(=O)O. The Morgan fingerprint density at radius 1 is 1.18 bits per heavy atom. The number of nitrogens with one attached hydrogen (secondary N) is 1. The molecule has 0 saturated carbocycles. The number of hydrogen-bond acceptors (Lipinski definition) is 3. The van der Waals surface area contributed by atoms with Gasteiger partial charge in [0, 0.05) is 11.8 Å². The first kappa shape index (κ1) is 15.8. The Morgan fingerprint density at radius 3 is 2.68 bits per heavy atom. The molecule has 0 radical (unpaired) electrons. The van der Waals surface area contributed by atoms with E-state index in [0.717, 1.165) is 16.5 Å². The van der Waals surface area contributed by atoms with Crippen LogP contribution in [-0.4, -0.2) is 29.6 Å². The van der Waals surface area contributed by atoms with Crippen LogP contribution in [-0.2, 0) is 9.59 Å². The van der Waals surface area contributed by atoms with Gasteiger partial charge in [-0.3, -0.25) is 9.59 Å². The van der Waals surface area contributed by atoms with Gasteiger partial charge in [-0.05, 0) is 24.8 Å². The summed E-state index contributed by atoms with van der Waals surface area (Å²) in [6.45, 7) is 1.84. The predicted octanol–water partition coefficient (Wildman–Crippen LogP) is 2.59. The van der Waals surface area contributed by atoms with Crippen LogP contribution in [0, 0.1) is 0 Å². The summed E-state index contributed by atoms with van der Waals surface area (Å²) in [6.07, 6.45) is 0.768. The van der Waals surface area contributed by atoms with E-state index in [-0.39, 0.29) is 12.3 Å². The zero-order valence-corrected chi connectivity index (χ0v) is 12.4. The van der Waals surface area contributed by atoms with Crippen molar-refractivity contribution in [1.82, 2.24) is 5.32 Å². The molecule has 22 heavy (non-hydrogen) atoms. The monoisotopic (exact) mass is 301 g/mol. The van der Waals surface area contributed by atoms with E-state index in [4.69, 9.17) is 9.84 Å². The van der Waals surface area contributed by atoms with Crippen LogP contribution in [0.3, 0.4) is 0 Å². The highest BCUT2D eigenvalue weighted by Gasteiger charge is 2.13. The molecule has 0 heterocycles. The molecular formula is C17H19NO4. The van der Waals surface area contributed by atoms with E-state index in [1.807, 2.05) is 42.5 Å². The molecule has 0 aliphatic carbocycles. The molecule has 1 atom stereocenters. The highest BCUT2D eigenvalue weighted by Crippen LogP contribution is 2.25. The summed E-state index contributed by atoms with van der Waals surface area (Å²) in [6, 6.07) is 12.9. The van der Waals surface area contributed by atoms with Gasteiger partial charge in [0.1, 0.15) is 11.8 Å². The lowest BCUT2D eigenvalue weighted by molar-refractivity contribution is -0.141. The lowest BCUT2D eigenvalue weighted by atomic mass is 10.1. The van der Waals surface area contributed by atoms with Crippen LogP contribution in [0.2, 0.25) is 0 Å². The molecule has 5 nitrogen and oxygen atoms in total. The fourth-order valence-electron chi connectivity index (χ4n) is 2.11. The van der Waals surface area contributed by atoms with E-state index in [0.29, 0.717) is 13.0 Å². The summed E-state index contributed by atoms with van der Waals surface area (Å²) < 4.78 is 5.73. The lowest BCUT2D eigenvalue weighted by Crippen LogP contribution is -2.38. The third-order valence-electron chi connectivity index (χ3n) is 3.30. The van der Waals surface area contributed by atoms with Gasteiger partial charge in [-0.1, -0.05) is 36.4 Å². The Balaban J connectivity index is 1.81. The second-order valence-electron chi connectivity index (χ2n) is 5.06. The van der Waals surface area contributed by atoms with Gasteiger partial charge in [-0.2, -0.15) is 0 Å². The zero-order valence-electron chi connectivity index (χ0n) is 12.4. The molecule has 0 saturated heterocycles. The van der Waals surface area contributed by atoms with Crippen molar-refractivity contribution >= 4 is 22.6 Å². The largest absolute Gasteiger partial charge is 0.493 e. The average molecular weight is 301 g/mol. The van der Waals surface area contributed by atoms with Gasteiger partial charge < -0.3 is 15.2 Å². The van der Waals surface area contributed by atoms with Crippen molar-refractivity contribution < 1.29 is 19.4 Å². The normalized spacial score (nSPS) is 11.9. The van der Waals surface area contributed by atoms with Gasteiger partial charge >= 0.3 is 5.97 Å². The molecule has 0 spiro atoms. The number of ether oxygens (including phenoxy) is 1. The van der Waals surface area contributed by atoms with Crippen molar-refractivity contribution in [2.24, 2.45) is 0 Å². The number of fused-ring (bicyclic) bond motifs is 1. The van der Waals surface area contributed by atoms with Crippen molar-refractivity contribution in [3.63, 3.8) is 0 Å². The molecule has 0 unspecified atom stereocenters. The summed E-state index contributed by atoms with van der Waals surface area (Å²) in [5.41, 5.74) is 0. The third-order valence-corrected chi connectivity index (χ3v) is 3.30. The van der Waals surface area contributed by atoms with E-state index in [2.05, 4.69) is 5.32 Å². The first-order chi connectivity index (χ1) is 10.6. The zero-order chi connectivity index (χ0) is 15.9. The number of benzene rings is 2. The van der Waals surface area contributed by atoms with Crippen LogP contribution < -0.4 is 10.1 Å². The van der Waals surface area contributed by atoms with Crippen molar-refractivity contribution in [3.05, 3.63) is 42.5 Å². The Labute approximate surface area is 128 Å². The molecule has 116 valence electrons. The van der Waals surface area contributed by atoms with Crippen LogP contribution in [0.25, 0.3) is 10.8 Å². The number of amides is 1. The highest BCUT2D eigenvalue weighted by molar-refractivity contribution is 5.88. The van der Waals surface area contributed by atoms with Crippen LogP contribution in [0.5, 0.6) is 5.75 Å². The maximum absolute atomic E-state index is 11.6. The first-order valence-electron chi connectivity index (χ1n) is 7.20. The summed E-state index contributed by atoms with van der Waals surface area (Å²) in [5, 5.41) is 13.3. The van der Waals surface area contributed by atoms with Gasteiger partial charge in [-0.25, -0.2) is 0 Å². The summed E-state index contributed by atoms with van der Waals surface area (Å²) in [5.74, 6) is -0.533. The van der Waals surface area contributed by atoms with Crippen molar-refractivity contribution in [3.8, 4) is 5.75 Å². The summed E-state index contributed by atoms with van der Waals surface area (Å²) >= 11 is 0. The molecule has 0 bridgehead atoms. The molecule has 0 aromatic heterocycles. The van der Waals surface area contributed by atoms with Crippen LogP contribution >= 0.6 is 0 Å². The molecule has 2 aromatic rings. The number of carboxylic acids is 1. The molecule has 0 fully saturated rings. The van der Waals surface area contributed by atoms with Crippen LogP contribution in [0.15, 0.2) is 42.5 Å². The minimum Gasteiger partial charge on any atom is -0.493 e. The molecule has 1 amide bonds. The maximum Gasteiger partial charge on any atom is 0.325 e. The first-order valence-corrected chi connectivity index (χ1v) is 7.20. The predicted molar refractivity (Wildman–Crippen MR) is 83.9 cm³/mol. The van der Waals surface area contributed by atoms with E-state index in [9.17, 15) is 9.59 Å².